The first-order valence-electron chi connectivity index (χ1n) is 17.1. The van der Waals surface area contributed by atoms with E-state index in [4.69, 9.17) is 4.74 Å². The molecule has 1 aromatic heterocycles. The van der Waals surface area contributed by atoms with Gasteiger partial charge in [0.15, 0.2) is 11.9 Å². The van der Waals surface area contributed by atoms with Crippen LogP contribution in [0.1, 0.15) is 68.7 Å². The molecule has 0 spiro atoms. The summed E-state index contributed by atoms with van der Waals surface area (Å²) < 4.78 is 7.53. The Labute approximate surface area is 283 Å². The summed E-state index contributed by atoms with van der Waals surface area (Å²) in [5.41, 5.74) is 2.86. The van der Waals surface area contributed by atoms with Gasteiger partial charge in [0.2, 0.25) is 0 Å². The van der Waals surface area contributed by atoms with Crippen LogP contribution in [0.2, 0.25) is 0 Å². The lowest BCUT2D eigenvalue weighted by atomic mass is 9.79. The number of ether oxygens (including phenoxy) is 1. The van der Waals surface area contributed by atoms with Gasteiger partial charge in [0.05, 0.1) is 6.04 Å². The highest BCUT2D eigenvalue weighted by molar-refractivity contribution is 5.84. The fourth-order valence-corrected chi connectivity index (χ4v) is 7.65. The van der Waals surface area contributed by atoms with E-state index in [1.54, 1.807) is 4.90 Å². The van der Waals surface area contributed by atoms with Gasteiger partial charge in [-0.15, -0.1) is 5.10 Å². The molecule has 0 saturated carbocycles. The van der Waals surface area contributed by atoms with E-state index in [1.165, 1.54) is 17.5 Å². The van der Waals surface area contributed by atoms with Crippen molar-refractivity contribution in [3.8, 4) is 17.1 Å². The molecule has 0 aliphatic carbocycles. The predicted molar refractivity (Wildman–Crippen MR) is 186 cm³/mol. The molecule has 3 aromatic rings. The maximum absolute atomic E-state index is 14.0. The molecule has 3 saturated heterocycles. The van der Waals surface area contributed by atoms with Crippen LogP contribution in [0.5, 0.6) is 5.75 Å². The van der Waals surface area contributed by atoms with Gasteiger partial charge in [0, 0.05) is 38.2 Å². The van der Waals surface area contributed by atoms with Crippen LogP contribution < -0.4 is 5.69 Å². The zero-order valence-corrected chi connectivity index (χ0v) is 27.9. The number of phenolic OH excluding ortho intramolecular Hbond substituents is 1. The second kappa shape index (κ2) is 15.4. The van der Waals surface area contributed by atoms with E-state index in [0.29, 0.717) is 56.7 Å². The second-order valence-corrected chi connectivity index (χ2v) is 13.8. The highest BCUT2D eigenvalue weighted by atomic mass is 16.6. The fourth-order valence-electron chi connectivity index (χ4n) is 7.65. The number of aryl methyl sites for hydroxylation is 2. The van der Waals surface area contributed by atoms with Gasteiger partial charge in [0.1, 0.15) is 5.75 Å². The summed E-state index contributed by atoms with van der Waals surface area (Å²) in [6.45, 7) is 8.07. The molecule has 2 amide bonds. The summed E-state index contributed by atoms with van der Waals surface area (Å²) in [6, 6.07) is 13.1. The van der Waals surface area contributed by atoms with Gasteiger partial charge in [-0.1, -0.05) is 49.9 Å². The van der Waals surface area contributed by atoms with Crippen LogP contribution in [0.15, 0.2) is 47.3 Å². The summed E-state index contributed by atoms with van der Waals surface area (Å²) >= 11 is 0. The standard InChI is InChI=1S/C36H48N6O5.CH4/c1-24-21-26(22-25(2)32(24)43)23-31(34(44)40-17-11-28(12-18-40)27-9-15-39(3)16-10-27)47-36(46)41-19-13-30(14-20-41)42-35(45)37-33(38-42)29-7-5-4-6-8-29;/h4-8,21-22,27-28,30-31,43H,9-20,23H2,1-3H3,(H,37,38,45);1H4/t31-;/m1./s1. The lowest BCUT2D eigenvalue weighted by Gasteiger charge is -2.40. The molecule has 0 radical (unpaired) electrons. The van der Waals surface area contributed by atoms with E-state index in [-0.39, 0.29) is 37.2 Å². The third-order valence-corrected chi connectivity index (χ3v) is 10.5. The molecule has 11 nitrogen and oxygen atoms in total. The molecule has 48 heavy (non-hydrogen) atoms. The van der Waals surface area contributed by atoms with E-state index < -0.39 is 12.2 Å². The number of carbonyl (C=O) groups excluding carboxylic acids is 2. The fraction of sp³-hybridized carbons (Fsp3) is 0.568. The number of benzene rings is 2. The number of phenols is 1. The van der Waals surface area contributed by atoms with Crippen LogP contribution in [-0.2, 0) is 16.0 Å². The molecule has 4 heterocycles. The molecular weight excluding hydrogens is 608 g/mol. The number of hydrogen-bond donors (Lipinski definition) is 2. The normalized spacial score (nSPS) is 19.1. The summed E-state index contributed by atoms with van der Waals surface area (Å²) in [7, 11) is 2.18. The minimum Gasteiger partial charge on any atom is -0.507 e. The van der Waals surface area contributed by atoms with Crippen LogP contribution >= 0.6 is 0 Å². The number of likely N-dealkylation sites (tertiary alicyclic amines) is 3. The molecule has 1 atom stereocenters. The number of H-pyrrole nitrogens is 1. The van der Waals surface area contributed by atoms with Crippen LogP contribution in [0.4, 0.5) is 4.79 Å². The van der Waals surface area contributed by atoms with Crippen molar-refractivity contribution >= 4 is 12.0 Å². The van der Waals surface area contributed by atoms with E-state index in [0.717, 1.165) is 48.2 Å². The number of amides is 2. The molecule has 2 N–H and O–H groups in total. The number of nitrogens with one attached hydrogen (secondary N) is 1. The predicted octanol–water partition coefficient (Wildman–Crippen LogP) is 5.16. The molecule has 3 aliphatic rings. The Kier molecular flexibility index (Phi) is 11.3. The Morgan fingerprint density at radius 1 is 0.896 bits per heavy atom. The van der Waals surface area contributed by atoms with Crippen LogP contribution in [-0.4, -0.2) is 99.0 Å². The number of aromatic amines is 1. The average molecular weight is 661 g/mol. The third-order valence-electron chi connectivity index (χ3n) is 10.5. The van der Waals surface area contributed by atoms with Gasteiger partial charge in [-0.05, 0) is 101 Å². The summed E-state index contributed by atoms with van der Waals surface area (Å²) in [5, 5.41) is 14.9. The summed E-state index contributed by atoms with van der Waals surface area (Å²) in [5.74, 6) is 1.94. The quantitative estimate of drug-likeness (QED) is 0.359. The lowest BCUT2D eigenvalue weighted by molar-refractivity contribution is -0.142. The number of rotatable bonds is 7. The van der Waals surface area contributed by atoms with Crippen LogP contribution in [0.25, 0.3) is 11.4 Å². The van der Waals surface area contributed by atoms with Crippen LogP contribution in [0, 0.1) is 25.7 Å². The molecule has 260 valence electrons. The van der Waals surface area contributed by atoms with Gasteiger partial charge in [-0.25, -0.2) is 14.3 Å². The monoisotopic (exact) mass is 660 g/mol. The van der Waals surface area contributed by atoms with Crippen molar-refractivity contribution in [1.29, 1.82) is 0 Å². The van der Waals surface area contributed by atoms with Crippen molar-refractivity contribution in [2.75, 3.05) is 46.3 Å². The minimum absolute atomic E-state index is 0. The zero-order chi connectivity index (χ0) is 33.1. The molecule has 6 rings (SSSR count). The van der Waals surface area contributed by atoms with E-state index in [1.807, 2.05) is 61.2 Å². The van der Waals surface area contributed by atoms with E-state index in [9.17, 15) is 19.5 Å². The second-order valence-electron chi connectivity index (χ2n) is 13.8. The number of aromatic nitrogens is 3. The van der Waals surface area contributed by atoms with Crippen molar-refractivity contribution in [1.82, 2.24) is 29.5 Å². The van der Waals surface area contributed by atoms with Crippen molar-refractivity contribution in [3.05, 3.63) is 69.6 Å². The molecule has 11 heteroatoms. The van der Waals surface area contributed by atoms with Crippen molar-refractivity contribution < 1.29 is 19.4 Å². The Hall–Kier alpha value is -4.12. The number of nitrogens with zero attached hydrogens (tertiary/aromatic N) is 5. The number of carbonyl (C=O) groups is 2. The Morgan fingerprint density at radius 2 is 1.46 bits per heavy atom. The first kappa shape index (κ1) is 35.2. The lowest BCUT2D eigenvalue weighted by Crippen LogP contribution is -2.49. The minimum atomic E-state index is -0.967. The SMILES string of the molecule is C.Cc1cc(C[C@@H](OC(=O)N2CCC(n3nc(-c4ccccc4)[nH]c3=O)CC2)C(=O)N2CCC(C3CCN(C)CC3)CC2)cc(C)c1O. The maximum Gasteiger partial charge on any atom is 0.410 e. The molecule has 0 unspecified atom stereocenters. The maximum atomic E-state index is 14.0. The first-order chi connectivity index (χ1) is 22.7. The van der Waals surface area contributed by atoms with E-state index in [2.05, 4.69) is 22.0 Å². The first-order valence-corrected chi connectivity index (χ1v) is 17.1. The number of piperidine rings is 3. The van der Waals surface area contributed by atoms with Gasteiger partial charge < -0.3 is 24.5 Å². The Morgan fingerprint density at radius 3 is 2.06 bits per heavy atom. The smallest absolute Gasteiger partial charge is 0.410 e. The highest BCUT2D eigenvalue weighted by Gasteiger charge is 2.36. The number of aromatic hydroxyl groups is 1. The zero-order valence-electron chi connectivity index (χ0n) is 27.9. The molecule has 3 aliphatic heterocycles. The van der Waals surface area contributed by atoms with Gasteiger partial charge >= 0.3 is 11.8 Å². The average Bonchev–Trinajstić information content (AvgIpc) is 3.48. The number of hydrogen-bond acceptors (Lipinski definition) is 7. The third kappa shape index (κ3) is 7.94. The van der Waals surface area contributed by atoms with Gasteiger partial charge in [-0.2, -0.15) is 0 Å². The topological polar surface area (TPSA) is 124 Å². The van der Waals surface area contributed by atoms with Crippen molar-refractivity contribution in [2.24, 2.45) is 11.8 Å². The highest BCUT2D eigenvalue weighted by Crippen LogP contribution is 2.33. The van der Waals surface area contributed by atoms with Gasteiger partial charge in [0.25, 0.3) is 5.91 Å². The van der Waals surface area contributed by atoms with Crippen molar-refractivity contribution in [2.45, 2.75) is 78.4 Å². The van der Waals surface area contributed by atoms with Gasteiger partial charge in [-0.3, -0.25) is 9.78 Å². The van der Waals surface area contributed by atoms with Crippen molar-refractivity contribution in [3.63, 3.8) is 0 Å². The summed E-state index contributed by atoms with van der Waals surface area (Å²) in [4.78, 5) is 49.1. The largest absolute Gasteiger partial charge is 0.507 e. The molecule has 3 fully saturated rings. The Bertz CT molecular complexity index is 1570. The van der Waals surface area contributed by atoms with E-state index >= 15 is 0 Å². The summed E-state index contributed by atoms with van der Waals surface area (Å²) in [6.07, 6.45) is 4.24. The molecule has 0 bridgehead atoms. The van der Waals surface area contributed by atoms with Crippen LogP contribution in [0.3, 0.4) is 0 Å². The Balaban J connectivity index is 0.00000451. The molecular formula is C37H52N6O5. The molecule has 2 aromatic carbocycles.